The Bertz CT molecular complexity index is 340. The molecule has 0 saturated carbocycles. The van der Waals surface area contributed by atoms with Crippen molar-refractivity contribution in [3.63, 3.8) is 0 Å². The highest BCUT2D eigenvalue weighted by Crippen LogP contribution is 2.53. The molecule has 0 aliphatic carbocycles. The molecule has 0 aromatic carbocycles. The fraction of sp³-hybridized carbons (Fsp3) is 0.375. The second kappa shape index (κ2) is 3.48. The van der Waals surface area contributed by atoms with Crippen LogP contribution in [0.1, 0.15) is 13.8 Å². The molecule has 0 amide bonds. The Kier molecular flexibility index (Phi) is 2.74. The lowest BCUT2D eigenvalue weighted by Gasteiger charge is -2.19. The summed E-state index contributed by atoms with van der Waals surface area (Å²) in [6.45, 7) is 3.02. The van der Waals surface area contributed by atoms with Gasteiger partial charge in [-0.3, -0.25) is 4.79 Å². The minimum Gasteiger partial charge on any atom is -0.426 e. The SMILES string of the molecule is COP1(=O)C=CC(C(C)=O)=C(C)O1. The first kappa shape index (κ1) is 10.2. The number of carbonyl (C=O) groups excluding carboxylic acids is 1. The highest BCUT2D eigenvalue weighted by molar-refractivity contribution is 7.57. The van der Waals surface area contributed by atoms with Crippen molar-refractivity contribution in [3.05, 3.63) is 23.2 Å². The minimum absolute atomic E-state index is 0.115. The standard InChI is InChI=1S/C8H11O4P/c1-6(9)8-4-5-13(10,11-3)12-7(8)2/h4-5H,1-3H3. The molecule has 1 rings (SSSR count). The zero-order valence-electron chi connectivity index (χ0n) is 7.73. The molecule has 1 unspecified atom stereocenters. The van der Waals surface area contributed by atoms with Crippen LogP contribution in [0.15, 0.2) is 23.2 Å². The molecule has 1 heterocycles. The zero-order valence-corrected chi connectivity index (χ0v) is 8.63. The maximum Gasteiger partial charge on any atom is 0.403 e. The summed E-state index contributed by atoms with van der Waals surface area (Å²) < 4.78 is 21.2. The quantitative estimate of drug-likeness (QED) is 0.644. The van der Waals surface area contributed by atoms with Crippen LogP contribution < -0.4 is 0 Å². The molecule has 0 radical (unpaired) electrons. The van der Waals surface area contributed by atoms with Crippen LogP contribution in [0.3, 0.4) is 0 Å². The number of Topliss-reactive ketones (excluding diaryl/α,β-unsaturated/α-hetero) is 1. The van der Waals surface area contributed by atoms with E-state index in [9.17, 15) is 9.36 Å². The topological polar surface area (TPSA) is 52.6 Å². The maximum atomic E-state index is 11.5. The van der Waals surface area contributed by atoms with E-state index < -0.39 is 7.60 Å². The van der Waals surface area contributed by atoms with E-state index in [2.05, 4.69) is 4.52 Å². The Morgan fingerprint density at radius 2 is 2.23 bits per heavy atom. The first-order valence-corrected chi connectivity index (χ1v) is 5.36. The Balaban J connectivity index is 3.00. The lowest BCUT2D eigenvalue weighted by Crippen LogP contribution is -2.03. The number of hydrogen-bond donors (Lipinski definition) is 0. The van der Waals surface area contributed by atoms with Crippen LogP contribution in [0.25, 0.3) is 0 Å². The highest BCUT2D eigenvalue weighted by Gasteiger charge is 2.26. The van der Waals surface area contributed by atoms with Gasteiger partial charge in [-0.05, 0) is 19.9 Å². The van der Waals surface area contributed by atoms with Gasteiger partial charge >= 0.3 is 7.60 Å². The van der Waals surface area contributed by atoms with Gasteiger partial charge in [0.2, 0.25) is 0 Å². The molecule has 0 saturated heterocycles. The van der Waals surface area contributed by atoms with E-state index >= 15 is 0 Å². The van der Waals surface area contributed by atoms with Gasteiger partial charge in [-0.25, -0.2) is 4.57 Å². The molecule has 0 spiro atoms. The van der Waals surface area contributed by atoms with Crippen molar-refractivity contribution in [1.29, 1.82) is 0 Å². The van der Waals surface area contributed by atoms with Gasteiger partial charge in [-0.15, -0.1) is 0 Å². The fourth-order valence-corrected chi connectivity index (χ4v) is 2.09. The Morgan fingerprint density at radius 1 is 1.62 bits per heavy atom. The van der Waals surface area contributed by atoms with Gasteiger partial charge in [0.15, 0.2) is 5.78 Å². The van der Waals surface area contributed by atoms with Crippen molar-refractivity contribution in [2.75, 3.05) is 7.11 Å². The third kappa shape index (κ3) is 2.08. The fourth-order valence-electron chi connectivity index (χ4n) is 1.02. The van der Waals surface area contributed by atoms with E-state index in [-0.39, 0.29) is 5.78 Å². The average molecular weight is 202 g/mol. The van der Waals surface area contributed by atoms with Gasteiger partial charge in [-0.1, -0.05) is 0 Å². The van der Waals surface area contributed by atoms with Crippen molar-refractivity contribution in [2.24, 2.45) is 0 Å². The lowest BCUT2D eigenvalue weighted by atomic mass is 10.1. The summed E-state index contributed by atoms with van der Waals surface area (Å²) in [6.07, 6.45) is 1.48. The van der Waals surface area contributed by atoms with Gasteiger partial charge in [0.1, 0.15) is 5.76 Å². The Labute approximate surface area is 76.8 Å². The summed E-state index contributed by atoms with van der Waals surface area (Å²) >= 11 is 0. The summed E-state index contributed by atoms with van der Waals surface area (Å²) in [5, 5.41) is 0. The summed E-state index contributed by atoms with van der Waals surface area (Å²) in [7, 11) is -1.82. The van der Waals surface area contributed by atoms with Crippen LogP contribution in [-0.4, -0.2) is 12.9 Å². The second-order valence-corrected chi connectivity index (χ2v) is 4.58. The van der Waals surface area contributed by atoms with E-state index in [1.807, 2.05) is 0 Å². The molecule has 0 N–H and O–H groups in total. The molecule has 0 fully saturated rings. The van der Waals surface area contributed by atoms with Gasteiger partial charge < -0.3 is 9.05 Å². The molecule has 13 heavy (non-hydrogen) atoms. The third-order valence-corrected chi connectivity index (χ3v) is 3.25. The minimum atomic E-state index is -3.12. The molecule has 0 aromatic rings. The number of hydrogen-bond acceptors (Lipinski definition) is 4. The van der Waals surface area contributed by atoms with Gasteiger partial charge in [0.05, 0.1) is 5.57 Å². The molecular weight excluding hydrogens is 191 g/mol. The number of carbonyl (C=O) groups is 1. The monoisotopic (exact) mass is 202 g/mol. The molecule has 1 aliphatic heterocycles. The van der Waals surface area contributed by atoms with Crippen LogP contribution in [0.4, 0.5) is 0 Å². The van der Waals surface area contributed by atoms with Crippen LogP contribution in [0.5, 0.6) is 0 Å². The molecule has 1 atom stereocenters. The van der Waals surface area contributed by atoms with Crippen LogP contribution in [0.2, 0.25) is 0 Å². The van der Waals surface area contributed by atoms with E-state index in [1.165, 1.54) is 25.9 Å². The number of ketones is 1. The molecule has 0 aromatic heterocycles. The molecule has 72 valence electrons. The normalized spacial score (nSPS) is 27.3. The van der Waals surface area contributed by atoms with Crippen molar-refractivity contribution in [3.8, 4) is 0 Å². The van der Waals surface area contributed by atoms with E-state index in [0.717, 1.165) is 0 Å². The van der Waals surface area contributed by atoms with Gasteiger partial charge in [-0.2, -0.15) is 0 Å². The summed E-state index contributed by atoms with van der Waals surface area (Å²) in [5.74, 6) is 1.52. The predicted molar refractivity (Wildman–Crippen MR) is 48.2 cm³/mol. The van der Waals surface area contributed by atoms with Crippen LogP contribution in [0, 0.1) is 0 Å². The van der Waals surface area contributed by atoms with E-state index in [4.69, 9.17) is 4.52 Å². The highest BCUT2D eigenvalue weighted by atomic mass is 31.2. The Hall–Kier alpha value is -0.860. The zero-order chi connectivity index (χ0) is 10.1. The third-order valence-electron chi connectivity index (χ3n) is 1.70. The predicted octanol–water partition coefficient (Wildman–Crippen LogP) is 2.23. The Morgan fingerprint density at radius 3 is 2.62 bits per heavy atom. The molecule has 0 bridgehead atoms. The summed E-state index contributed by atoms with van der Waals surface area (Å²) in [4.78, 5) is 11.0. The van der Waals surface area contributed by atoms with E-state index in [1.54, 1.807) is 6.92 Å². The van der Waals surface area contributed by atoms with Gasteiger partial charge in [0, 0.05) is 12.9 Å². The largest absolute Gasteiger partial charge is 0.426 e. The van der Waals surface area contributed by atoms with Crippen LogP contribution >= 0.6 is 7.60 Å². The first-order chi connectivity index (χ1) is 5.98. The first-order valence-electron chi connectivity index (χ1n) is 3.74. The molecule has 1 aliphatic rings. The van der Waals surface area contributed by atoms with Crippen molar-refractivity contribution >= 4 is 13.4 Å². The van der Waals surface area contributed by atoms with Gasteiger partial charge in [0.25, 0.3) is 0 Å². The molecular formula is C8H11O4P. The lowest BCUT2D eigenvalue weighted by molar-refractivity contribution is -0.113. The van der Waals surface area contributed by atoms with Crippen LogP contribution in [-0.2, 0) is 18.4 Å². The molecule has 4 nitrogen and oxygen atoms in total. The van der Waals surface area contributed by atoms with Crippen molar-refractivity contribution in [1.82, 2.24) is 0 Å². The number of rotatable bonds is 2. The number of allylic oxidation sites excluding steroid dienone is 3. The second-order valence-electron chi connectivity index (χ2n) is 2.66. The van der Waals surface area contributed by atoms with Crippen molar-refractivity contribution < 1.29 is 18.4 Å². The molecule has 5 heteroatoms. The van der Waals surface area contributed by atoms with E-state index in [0.29, 0.717) is 11.3 Å². The average Bonchev–Trinajstić information content (AvgIpc) is 2.03. The summed E-state index contributed by atoms with van der Waals surface area (Å²) in [5.41, 5.74) is 0.434. The summed E-state index contributed by atoms with van der Waals surface area (Å²) in [6, 6.07) is 0. The van der Waals surface area contributed by atoms with Crippen molar-refractivity contribution in [2.45, 2.75) is 13.8 Å². The maximum absolute atomic E-state index is 11.5. The smallest absolute Gasteiger partial charge is 0.403 e.